The Morgan fingerprint density at radius 1 is 1.18 bits per heavy atom. The molecule has 17 heavy (non-hydrogen) atoms. The highest BCUT2D eigenvalue weighted by molar-refractivity contribution is 7.90. The van der Waals surface area contributed by atoms with Crippen molar-refractivity contribution in [2.45, 2.75) is 38.4 Å². The second kappa shape index (κ2) is 5.24. The van der Waals surface area contributed by atoms with Gasteiger partial charge in [-0.3, -0.25) is 0 Å². The summed E-state index contributed by atoms with van der Waals surface area (Å²) in [5, 5.41) is -0.0522. The lowest BCUT2D eigenvalue weighted by Gasteiger charge is -2.35. The number of rotatable bonds is 5. The number of piperazine rings is 1. The predicted octanol–water partition coefficient (Wildman–Crippen LogP) is 1.14. The summed E-state index contributed by atoms with van der Waals surface area (Å²) in [5.41, 5.74) is 0. The predicted molar refractivity (Wildman–Crippen MR) is 69.4 cm³/mol. The SMILES string of the molecule is CC[C@H](C)CN1CCN(S(=O)(=O)C2CC2)CC1. The van der Waals surface area contributed by atoms with Gasteiger partial charge in [0.1, 0.15) is 0 Å². The van der Waals surface area contributed by atoms with Crippen LogP contribution in [0, 0.1) is 5.92 Å². The van der Waals surface area contributed by atoms with Gasteiger partial charge in [0.2, 0.25) is 10.0 Å². The van der Waals surface area contributed by atoms with Crippen LogP contribution >= 0.6 is 0 Å². The van der Waals surface area contributed by atoms with Crippen molar-refractivity contribution >= 4 is 10.0 Å². The van der Waals surface area contributed by atoms with Crippen molar-refractivity contribution < 1.29 is 8.42 Å². The Kier molecular flexibility index (Phi) is 4.10. The Labute approximate surface area is 105 Å². The summed E-state index contributed by atoms with van der Waals surface area (Å²) in [6, 6.07) is 0. The molecule has 1 heterocycles. The van der Waals surface area contributed by atoms with Gasteiger partial charge >= 0.3 is 0 Å². The van der Waals surface area contributed by atoms with Crippen LogP contribution in [-0.4, -0.2) is 55.6 Å². The molecule has 1 atom stereocenters. The maximum Gasteiger partial charge on any atom is 0.217 e. The maximum atomic E-state index is 12.0. The zero-order valence-corrected chi connectivity index (χ0v) is 11.7. The first kappa shape index (κ1) is 13.3. The molecule has 1 aliphatic heterocycles. The van der Waals surface area contributed by atoms with E-state index < -0.39 is 10.0 Å². The Balaban J connectivity index is 1.81. The van der Waals surface area contributed by atoms with E-state index in [1.165, 1.54) is 6.42 Å². The molecule has 0 radical (unpaired) electrons. The third kappa shape index (κ3) is 3.20. The quantitative estimate of drug-likeness (QED) is 0.744. The van der Waals surface area contributed by atoms with Crippen LogP contribution in [0.4, 0.5) is 0 Å². The smallest absolute Gasteiger partial charge is 0.217 e. The molecule has 0 aromatic rings. The lowest BCUT2D eigenvalue weighted by molar-refractivity contribution is 0.167. The summed E-state index contributed by atoms with van der Waals surface area (Å²) < 4.78 is 25.8. The van der Waals surface area contributed by atoms with Crippen LogP contribution in [0.1, 0.15) is 33.1 Å². The molecule has 5 heteroatoms. The van der Waals surface area contributed by atoms with Crippen molar-refractivity contribution in [1.82, 2.24) is 9.21 Å². The number of hydrogen-bond acceptors (Lipinski definition) is 3. The van der Waals surface area contributed by atoms with Gasteiger partial charge in [-0.2, -0.15) is 4.31 Å². The van der Waals surface area contributed by atoms with Crippen LogP contribution in [0.2, 0.25) is 0 Å². The number of sulfonamides is 1. The van der Waals surface area contributed by atoms with E-state index in [4.69, 9.17) is 0 Å². The van der Waals surface area contributed by atoms with Crippen LogP contribution in [0.3, 0.4) is 0 Å². The molecule has 0 bridgehead atoms. The molecular formula is C12H24N2O2S. The lowest BCUT2D eigenvalue weighted by atomic mass is 10.1. The van der Waals surface area contributed by atoms with Crippen LogP contribution in [0.5, 0.6) is 0 Å². The standard InChI is InChI=1S/C12H24N2O2S/c1-3-11(2)10-13-6-8-14(9-7-13)17(15,16)12-4-5-12/h11-12H,3-10H2,1-2H3/t11-/m0/s1. The first-order valence-electron chi connectivity index (χ1n) is 6.75. The van der Waals surface area contributed by atoms with Crippen molar-refractivity contribution in [3.8, 4) is 0 Å². The monoisotopic (exact) mass is 260 g/mol. The molecule has 0 unspecified atom stereocenters. The van der Waals surface area contributed by atoms with Gasteiger partial charge in [0.15, 0.2) is 0 Å². The molecule has 0 aromatic heterocycles. The molecule has 1 saturated carbocycles. The normalized spacial score (nSPS) is 26.0. The van der Waals surface area contributed by atoms with Crippen molar-refractivity contribution in [3.63, 3.8) is 0 Å². The van der Waals surface area contributed by atoms with E-state index in [1.54, 1.807) is 4.31 Å². The molecule has 4 nitrogen and oxygen atoms in total. The molecule has 1 saturated heterocycles. The molecule has 2 rings (SSSR count). The highest BCUT2D eigenvalue weighted by Crippen LogP contribution is 2.31. The minimum atomic E-state index is -2.94. The second-order valence-electron chi connectivity index (χ2n) is 5.46. The third-order valence-electron chi connectivity index (χ3n) is 3.90. The van der Waals surface area contributed by atoms with Gasteiger partial charge in [-0.25, -0.2) is 8.42 Å². The summed E-state index contributed by atoms with van der Waals surface area (Å²) in [6.07, 6.45) is 2.94. The fourth-order valence-corrected chi connectivity index (χ4v) is 4.14. The Morgan fingerprint density at radius 3 is 2.24 bits per heavy atom. The minimum absolute atomic E-state index is 0.0522. The maximum absolute atomic E-state index is 12.0. The minimum Gasteiger partial charge on any atom is -0.300 e. The molecule has 0 amide bonds. The van der Waals surface area contributed by atoms with Gasteiger partial charge in [-0.05, 0) is 18.8 Å². The van der Waals surface area contributed by atoms with Crippen LogP contribution in [-0.2, 0) is 10.0 Å². The largest absolute Gasteiger partial charge is 0.300 e. The third-order valence-corrected chi connectivity index (χ3v) is 6.30. The van der Waals surface area contributed by atoms with Crippen molar-refractivity contribution in [2.24, 2.45) is 5.92 Å². The Hall–Kier alpha value is -0.130. The van der Waals surface area contributed by atoms with Gasteiger partial charge in [0.05, 0.1) is 5.25 Å². The zero-order chi connectivity index (χ0) is 12.5. The Bertz CT molecular complexity index is 344. The van der Waals surface area contributed by atoms with Gasteiger partial charge in [-0.1, -0.05) is 20.3 Å². The van der Waals surface area contributed by atoms with Gasteiger partial charge in [0, 0.05) is 32.7 Å². The molecule has 0 aromatic carbocycles. The average Bonchev–Trinajstić information content (AvgIpc) is 3.13. The van der Waals surface area contributed by atoms with Crippen molar-refractivity contribution in [1.29, 1.82) is 0 Å². The zero-order valence-electron chi connectivity index (χ0n) is 10.9. The molecule has 0 spiro atoms. The molecule has 2 aliphatic rings. The molecule has 1 aliphatic carbocycles. The lowest BCUT2D eigenvalue weighted by Crippen LogP contribution is -2.50. The average molecular weight is 260 g/mol. The van der Waals surface area contributed by atoms with Crippen molar-refractivity contribution in [2.75, 3.05) is 32.7 Å². The van der Waals surface area contributed by atoms with E-state index in [0.29, 0.717) is 19.0 Å². The summed E-state index contributed by atoms with van der Waals surface area (Å²) in [7, 11) is -2.94. The topological polar surface area (TPSA) is 40.6 Å². The van der Waals surface area contributed by atoms with Crippen LogP contribution in [0.15, 0.2) is 0 Å². The van der Waals surface area contributed by atoms with E-state index in [9.17, 15) is 8.42 Å². The number of nitrogens with zero attached hydrogens (tertiary/aromatic N) is 2. The summed E-state index contributed by atoms with van der Waals surface area (Å²) in [6.45, 7) is 8.75. The summed E-state index contributed by atoms with van der Waals surface area (Å²) in [4.78, 5) is 2.40. The summed E-state index contributed by atoms with van der Waals surface area (Å²) in [5.74, 6) is 0.710. The second-order valence-corrected chi connectivity index (χ2v) is 7.67. The number of hydrogen-bond donors (Lipinski definition) is 0. The van der Waals surface area contributed by atoms with E-state index in [1.807, 2.05) is 0 Å². The summed E-state index contributed by atoms with van der Waals surface area (Å²) >= 11 is 0. The first-order valence-corrected chi connectivity index (χ1v) is 8.25. The van der Waals surface area contributed by atoms with Crippen LogP contribution in [0.25, 0.3) is 0 Å². The van der Waals surface area contributed by atoms with Gasteiger partial charge in [0.25, 0.3) is 0 Å². The van der Waals surface area contributed by atoms with Gasteiger partial charge < -0.3 is 4.90 Å². The van der Waals surface area contributed by atoms with Gasteiger partial charge in [-0.15, -0.1) is 0 Å². The Morgan fingerprint density at radius 2 is 1.76 bits per heavy atom. The van der Waals surface area contributed by atoms with E-state index in [0.717, 1.165) is 32.5 Å². The van der Waals surface area contributed by atoms with Crippen LogP contribution < -0.4 is 0 Å². The van der Waals surface area contributed by atoms with E-state index >= 15 is 0 Å². The van der Waals surface area contributed by atoms with E-state index in [2.05, 4.69) is 18.7 Å². The molecule has 100 valence electrons. The highest BCUT2D eigenvalue weighted by Gasteiger charge is 2.40. The molecular weight excluding hydrogens is 236 g/mol. The van der Waals surface area contributed by atoms with Crippen molar-refractivity contribution in [3.05, 3.63) is 0 Å². The fourth-order valence-electron chi connectivity index (χ4n) is 2.31. The molecule has 2 fully saturated rings. The fraction of sp³-hybridized carbons (Fsp3) is 1.00. The van der Waals surface area contributed by atoms with E-state index in [-0.39, 0.29) is 5.25 Å². The highest BCUT2D eigenvalue weighted by atomic mass is 32.2. The first-order chi connectivity index (χ1) is 8.04. The molecule has 0 N–H and O–H groups in total.